The van der Waals surface area contributed by atoms with Crippen molar-refractivity contribution in [3.05, 3.63) is 28.2 Å². The first-order valence-electron chi connectivity index (χ1n) is 4.86. The van der Waals surface area contributed by atoms with Crippen LogP contribution in [0, 0.1) is 0 Å². The second-order valence-corrected chi connectivity index (χ2v) is 4.65. The van der Waals surface area contributed by atoms with Crippen LogP contribution in [0.5, 0.6) is 5.75 Å². The maximum Gasteiger partial charge on any atom is 0.210 e. The number of nitrogens with zero attached hydrogens (tertiary/aromatic N) is 2. The maximum atomic E-state index is 6.01. The van der Waals surface area contributed by atoms with E-state index >= 15 is 0 Å². The first-order valence-corrected chi connectivity index (χ1v) is 6.05. The van der Waals surface area contributed by atoms with E-state index in [0.717, 1.165) is 10.7 Å². The minimum absolute atomic E-state index is 0.392. The fraction of sp³-hybridized carbons (Fsp3) is 0.200. The number of nitrogens with one attached hydrogen (secondary N) is 1. The van der Waals surface area contributed by atoms with Crippen LogP contribution in [0.1, 0.15) is 5.01 Å². The molecule has 5 nitrogen and oxygen atoms in total. The van der Waals surface area contributed by atoms with Gasteiger partial charge in [0, 0.05) is 12.2 Å². The van der Waals surface area contributed by atoms with Gasteiger partial charge in [-0.2, -0.15) is 0 Å². The Morgan fingerprint density at radius 3 is 2.88 bits per heavy atom. The van der Waals surface area contributed by atoms with E-state index in [0.29, 0.717) is 22.4 Å². The monoisotopic (exact) mass is 270 g/mol. The van der Waals surface area contributed by atoms with Crippen LogP contribution < -0.4 is 15.8 Å². The standard InChI is InChI=1S/C10H11ClN4OS/c1-16-8-3-2-6(4-7(8)11)13-10-15-14-9(5-12)17-10/h2-4H,5,12H2,1H3,(H,13,15). The van der Waals surface area contributed by atoms with Crippen LogP contribution in [0.15, 0.2) is 18.2 Å². The summed E-state index contributed by atoms with van der Waals surface area (Å²) in [6.45, 7) is 0.392. The fourth-order valence-corrected chi connectivity index (χ4v) is 2.15. The van der Waals surface area contributed by atoms with Gasteiger partial charge in [-0.15, -0.1) is 10.2 Å². The maximum absolute atomic E-state index is 6.01. The number of ether oxygens (including phenoxy) is 1. The summed E-state index contributed by atoms with van der Waals surface area (Å²) in [6.07, 6.45) is 0. The zero-order chi connectivity index (χ0) is 12.3. The summed E-state index contributed by atoms with van der Waals surface area (Å²) in [5.41, 5.74) is 6.29. The highest BCUT2D eigenvalue weighted by atomic mass is 35.5. The zero-order valence-electron chi connectivity index (χ0n) is 9.11. The molecular weight excluding hydrogens is 260 g/mol. The van der Waals surface area contributed by atoms with Crippen LogP contribution in [-0.2, 0) is 6.54 Å². The molecule has 0 amide bonds. The van der Waals surface area contributed by atoms with Crippen molar-refractivity contribution in [1.29, 1.82) is 0 Å². The van der Waals surface area contributed by atoms with Gasteiger partial charge < -0.3 is 15.8 Å². The number of nitrogens with two attached hydrogens (primary N) is 1. The van der Waals surface area contributed by atoms with Gasteiger partial charge in [-0.1, -0.05) is 22.9 Å². The lowest BCUT2D eigenvalue weighted by atomic mass is 10.3. The quantitative estimate of drug-likeness (QED) is 0.892. The van der Waals surface area contributed by atoms with E-state index < -0.39 is 0 Å². The third kappa shape index (κ3) is 2.85. The van der Waals surface area contributed by atoms with Crippen molar-refractivity contribution in [1.82, 2.24) is 10.2 Å². The summed E-state index contributed by atoms with van der Waals surface area (Å²) in [7, 11) is 1.58. The van der Waals surface area contributed by atoms with E-state index in [1.807, 2.05) is 6.07 Å². The Balaban J connectivity index is 2.15. The van der Waals surface area contributed by atoms with E-state index in [-0.39, 0.29) is 0 Å². The Morgan fingerprint density at radius 2 is 2.29 bits per heavy atom. The predicted molar refractivity (Wildman–Crippen MR) is 69.1 cm³/mol. The van der Waals surface area contributed by atoms with Gasteiger partial charge in [0.1, 0.15) is 10.8 Å². The van der Waals surface area contributed by atoms with Crippen molar-refractivity contribution in [2.45, 2.75) is 6.54 Å². The highest BCUT2D eigenvalue weighted by molar-refractivity contribution is 7.15. The molecule has 1 aromatic heterocycles. The van der Waals surface area contributed by atoms with Crippen LogP contribution >= 0.6 is 22.9 Å². The van der Waals surface area contributed by atoms with E-state index in [4.69, 9.17) is 22.1 Å². The van der Waals surface area contributed by atoms with Crippen LogP contribution in [0.4, 0.5) is 10.8 Å². The highest BCUT2D eigenvalue weighted by Crippen LogP contribution is 2.29. The van der Waals surface area contributed by atoms with Gasteiger partial charge in [-0.05, 0) is 18.2 Å². The van der Waals surface area contributed by atoms with Gasteiger partial charge in [-0.25, -0.2) is 0 Å². The lowest BCUT2D eigenvalue weighted by molar-refractivity contribution is 0.415. The van der Waals surface area contributed by atoms with Gasteiger partial charge in [0.2, 0.25) is 5.13 Å². The van der Waals surface area contributed by atoms with Crippen LogP contribution in [-0.4, -0.2) is 17.3 Å². The predicted octanol–water partition coefficient (Wildman–Crippen LogP) is 2.40. The first-order chi connectivity index (χ1) is 8.22. The van der Waals surface area contributed by atoms with Gasteiger partial charge in [0.15, 0.2) is 0 Å². The molecular formula is C10H11ClN4OS. The molecule has 0 aliphatic carbocycles. The van der Waals surface area contributed by atoms with Gasteiger partial charge in [0.25, 0.3) is 0 Å². The number of rotatable bonds is 4. The number of benzene rings is 1. The van der Waals surface area contributed by atoms with E-state index in [1.54, 1.807) is 19.2 Å². The van der Waals surface area contributed by atoms with Crippen molar-refractivity contribution >= 4 is 33.8 Å². The molecule has 1 aromatic carbocycles. The molecule has 2 rings (SSSR count). The number of halogens is 1. The Kier molecular flexibility index (Phi) is 3.78. The Bertz CT molecular complexity index is 517. The molecule has 90 valence electrons. The fourth-order valence-electron chi connectivity index (χ4n) is 1.25. The molecule has 7 heteroatoms. The summed E-state index contributed by atoms with van der Waals surface area (Å²) < 4.78 is 5.07. The third-order valence-corrected chi connectivity index (χ3v) is 3.20. The summed E-state index contributed by atoms with van der Waals surface area (Å²) in [6, 6.07) is 5.41. The van der Waals surface area contributed by atoms with Crippen molar-refractivity contribution in [3.63, 3.8) is 0 Å². The largest absolute Gasteiger partial charge is 0.495 e. The van der Waals surface area contributed by atoms with Crippen LogP contribution in [0.25, 0.3) is 0 Å². The molecule has 0 fully saturated rings. The number of hydrogen-bond donors (Lipinski definition) is 2. The second kappa shape index (κ2) is 5.31. The summed E-state index contributed by atoms with van der Waals surface area (Å²) >= 11 is 7.42. The average molecular weight is 271 g/mol. The highest BCUT2D eigenvalue weighted by Gasteiger charge is 2.05. The summed E-state index contributed by atoms with van der Waals surface area (Å²) in [5, 5.41) is 13.0. The first kappa shape index (κ1) is 12.1. The zero-order valence-corrected chi connectivity index (χ0v) is 10.7. The number of methoxy groups -OCH3 is 1. The number of hydrogen-bond acceptors (Lipinski definition) is 6. The molecule has 0 saturated heterocycles. The molecule has 2 aromatic rings. The molecule has 1 heterocycles. The van der Waals surface area contributed by atoms with Gasteiger partial charge >= 0.3 is 0 Å². The summed E-state index contributed by atoms with van der Waals surface area (Å²) in [5.74, 6) is 0.636. The van der Waals surface area contributed by atoms with Crippen molar-refractivity contribution in [2.75, 3.05) is 12.4 Å². The molecule has 0 spiro atoms. The smallest absolute Gasteiger partial charge is 0.210 e. The van der Waals surface area contributed by atoms with Crippen LogP contribution in [0.2, 0.25) is 5.02 Å². The minimum atomic E-state index is 0.392. The Hall–Kier alpha value is -1.37. The number of anilines is 2. The molecule has 3 N–H and O–H groups in total. The van der Waals surface area contributed by atoms with Gasteiger partial charge in [0.05, 0.1) is 12.1 Å². The van der Waals surface area contributed by atoms with Crippen LogP contribution in [0.3, 0.4) is 0 Å². The number of aromatic nitrogens is 2. The average Bonchev–Trinajstić information content (AvgIpc) is 2.77. The van der Waals surface area contributed by atoms with E-state index in [1.165, 1.54) is 11.3 Å². The summed E-state index contributed by atoms with van der Waals surface area (Å²) in [4.78, 5) is 0. The topological polar surface area (TPSA) is 73.1 Å². The van der Waals surface area contributed by atoms with Crippen molar-refractivity contribution < 1.29 is 4.74 Å². The molecule has 17 heavy (non-hydrogen) atoms. The van der Waals surface area contributed by atoms with Crippen molar-refractivity contribution in [3.8, 4) is 5.75 Å². The molecule has 0 radical (unpaired) electrons. The molecule has 0 unspecified atom stereocenters. The van der Waals surface area contributed by atoms with Gasteiger partial charge in [-0.3, -0.25) is 0 Å². The second-order valence-electron chi connectivity index (χ2n) is 3.18. The minimum Gasteiger partial charge on any atom is -0.495 e. The van der Waals surface area contributed by atoms with E-state index in [9.17, 15) is 0 Å². The SMILES string of the molecule is COc1ccc(Nc2nnc(CN)s2)cc1Cl. The molecule has 0 aliphatic heterocycles. The van der Waals surface area contributed by atoms with Crippen molar-refractivity contribution in [2.24, 2.45) is 5.73 Å². The molecule has 0 aliphatic rings. The molecule has 0 bridgehead atoms. The molecule has 0 atom stereocenters. The Labute approximate surface area is 108 Å². The molecule has 0 saturated carbocycles. The third-order valence-electron chi connectivity index (χ3n) is 2.04. The lowest BCUT2D eigenvalue weighted by Gasteiger charge is -2.06. The normalized spacial score (nSPS) is 10.3. The lowest BCUT2D eigenvalue weighted by Crippen LogP contribution is -1.94. The van der Waals surface area contributed by atoms with E-state index in [2.05, 4.69) is 15.5 Å². The Morgan fingerprint density at radius 1 is 1.47 bits per heavy atom.